The highest BCUT2D eigenvalue weighted by atomic mass is 15.5. The topological polar surface area (TPSA) is 24.3 Å². The number of anilines is 2. The van der Waals surface area contributed by atoms with E-state index in [0.717, 1.165) is 31.4 Å². The largest absolute Gasteiger partial charge is 0.313 e. The molecule has 24 heavy (non-hydrogen) atoms. The quantitative estimate of drug-likeness (QED) is 0.721. The summed E-state index contributed by atoms with van der Waals surface area (Å²) < 4.78 is 2.11. The summed E-state index contributed by atoms with van der Waals surface area (Å²) in [4.78, 5) is 4.71. The summed E-state index contributed by atoms with van der Waals surface area (Å²) in [7, 11) is 0. The summed E-state index contributed by atoms with van der Waals surface area (Å²) in [5, 5.41) is 4.86. The maximum atomic E-state index is 4.86. The zero-order valence-electron chi connectivity index (χ0n) is 14.2. The monoisotopic (exact) mass is 318 g/mol. The second kappa shape index (κ2) is 6.13. The van der Waals surface area contributed by atoms with Gasteiger partial charge in [-0.3, -0.25) is 4.90 Å². The number of hydrogen-bond donors (Lipinski definition) is 0. The van der Waals surface area contributed by atoms with Gasteiger partial charge < -0.3 is 4.90 Å². The van der Waals surface area contributed by atoms with Gasteiger partial charge in [0.1, 0.15) is 5.82 Å². The summed E-state index contributed by atoms with van der Waals surface area (Å²) in [6.07, 6.45) is 0. The van der Waals surface area contributed by atoms with E-state index in [4.69, 9.17) is 5.10 Å². The first kappa shape index (κ1) is 15.0. The molecule has 1 aromatic heterocycles. The minimum absolute atomic E-state index is 0.834. The number of fused-ring (bicyclic) bond motifs is 1. The van der Waals surface area contributed by atoms with Gasteiger partial charge in [-0.2, -0.15) is 5.10 Å². The lowest BCUT2D eigenvalue weighted by atomic mass is 10.1. The molecule has 1 aliphatic heterocycles. The first-order chi connectivity index (χ1) is 11.7. The molecule has 4 nitrogen and oxygen atoms in total. The van der Waals surface area contributed by atoms with Crippen LogP contribution in [-0.2, 0) is 6.67 Å². The van der Waals surface area contributed by atoms with E-state index in [1.807, 2.05) is 0 Å². The Morgan fingerprint density at radius 1 is 0.958 bits per heavy atom. The minimum atomic E-state index is 0.834. The molecule has 0 aliphatic carbocycles. The predicted octanol–water partition coefficient (Wildman–Crippen LogP) is 4.25. The normalized spacial score (nSPS) is 14.7. The highest BCUT2D eigenvalue weighted by Gasteiger charge is 2.24. The Labute approximate surface area is 142 Å². The molecule has 4 heteroatoms. The average Bonchev–Trinajstić information content (AvgIpc) is 3.06. The van der Waals surface area contributed by atoms with Gasteiger partial charge in [-0.25, -0.2) is 4.68 Å². The molecule has 0 fully saturated rings. The van der Waals surface area contributed by atoms with Crippen molar-refractivity contribution in [2.24, 2.45) is 0 Å². The number of nitrogens with zero attached hydrogens (tertiary/aromatic N) is 4. The third kappa shape index (κ3) is 2.69. The van der Waals surface area contributed by atoms with Gasteiger partial charge in [-0.15, -0.1) is 0 Å². The van der Waals surface area contributed by atoms with Gasteiger partial charge >= 0.3 is 0 Å². The number of hydrogen-bond acceptors (Lipinski definition) is 3. The maximum Gasteiger partial charge on any atom is 0.134 e. The molecule has 0 N–H and O–H groups in total. The second-order valence-corrected chi connectivity index (χ2v) is 6.29. The van der Waals surface area contributed by atoms with Gasteiger partial charge in [-0.1, -0.05) is 55.0 Å². The third-order valence-corrected chi connectivity index (χ3v) is 4.57. The van der Waals surface area contributed by atoms with E-state index in [-0.39, 0.29) is 0 Å². The van der Waals surface area contributed by atoms with Crippen LogP contribution in [0.15, 0.2) is 60.7 Å². The molecule has 0 saturated heterocycles. The zero-order valence-corrected chi connectivity index (χ0v) is 14.2. The van der Waals surface area contributed by atoms with Crippen molar-refractivity contribution in [1.29, 1.82) is 0 Å². The van der Waals surface area contributed by atoms with Crippen LogP contribution in [0.3, 0.4) is 0 Å². The van der Waals surface area contributed by atoms with Crippen molar-refractivity contribution in [3.63, 3.8) is 0 Å². The van der Waals surface area contributed by atoms with E-state index in [2.05, 4.69) is 89.0 Å². The fraction of sp³-hybridized carbons (Fsp3) is 0.250. The van der Waals surface area contributed by atoms with Crippen molar-refractivity contribution in [3.05, 3.63) is 66.2 Å². The van der Waals surface area contributed by atoms with Crippen LogP contribution in [0.25, 0.3) is 11.3 Å². The van der Waals surface area contributed by atoms with Crippen LogP contribution in [0.2, 0.25) is 0 Å². The van der Waals surface area contributed by atoms with E-state index in [1.165, 1.54) is 16.8 Å². The van der Waals surface area contributed by atoms with Gasteiger partial charge in [-0.05, 0) is 25.6 Å². The lowest BCUT2D eigenvalue weighted by Gasteiger charge is -2.36. The molecule has 0 amide bonds. The molecule has 4 rings (SSSR count). The van der Waals surface area contributed by atoms with E-state index in [1.54, 1.807) is 0 Å². The third-order valence-electron chi connectivity index (χ3n) is 4.57. The molecular weight excluding hydrogens is 296 g/mol. The lowest BCUT2D eigenvalue weighted by molar-refractivity contribution is 0.203. The first-order valence-corrected chi connectivity index (χ1v) is 8.44. The van der Waals surface area contributed by atoms with Crippen molar-refractivity contribution in [1.82, 2.24) is 14.7 Å². The summed E-state index contributed by atoms with van der Waals surface area (Å²) in [6, 6.07) is 21.3. The summed E-state index contributed by atoms with van der Waals surface area (Å²) >= 11 is 0. The Morgan fingerprint density at radius 2 is 1.71 bits per heavy atom. The Hall–Kier alpha value is -2.59. The molecule has 0 saturated carbocycles. The van der Waals surface area contributed by atoms with Crippen molar-refractivity contribution < 1.29 is 0 Å². The summed E-state index contributed by atoms with van der Waals surface area (Å²) in [6.45, 7) is 7.03. The Bertz CT molecular complexity index is 821. The maximum absolute atomic E-state index is 4.86. The number of para-hydroxylation sites is 1. The van der Waals surface area contributed by atoms with Crippen molar-refractivity contribution >= 4 is 11.5 Å². The molecule has 0 spiro atoms. The molecular formula is C20H22N4. The van der Waals surface area contributed by atoms with Crippen LogP contribution in [0.4, 0.5) is 11.5 Å². The van der Waals surface area contributed by atoms with E-state index < -0.39 is 0 Å². The number of rotatable bonds is 3. The highest BCUT2D eigenvalue weighted by Crippen LogP contribution is 2.32. The number of benzene rings is 2. The molecule has 0 unspecified atom stereocenters. The van der Waals surface area contributed by atoms with Crippen LogP contribution < -0.4 is 4.90 Å². The average molecular weight is 318 g/mol. The van der Waals surface area contributed by atoms with Crippen molar-refractivity contribution in [2.45, 2.75) is 20.5 Å². The molecule has 122 valence electrons. The van der Waals surface area contributed by atoms with Crippen molar-refractivity contribution in [3.8, 4) is 11.3 Å². The van der Waals surface area contributed by atoms with Gasteiger partial charge in [0.05, 0.1) is 19.0 Å². The van der Waals surface area contributed by atoms with Crippen LogP contribution in [0, 0.1) is 6.92 Å². The number of aryl methyl sites for hydroxylation is 1. The van der Waals surface area contributed by atoms with E-state index in [9.17, 15) is 0 Å². The molecule has 0 bridgehead atoms. The van der Waals surface area contributed by atoms with Crippen LogP contribution in [0.1, 0.15) is 12.5 Å². The lowest BCUT2D eigenvalue weighted by Crippen LogP contribution is -2.42. The van der Waals surface area contributed by atoms with Gasteiger partial charge in [0.15, 0.2) is 0 Å². The molecule has 0 radical (unpaired) electrons. The van der Waals surface area contributed by atoms with Crippen LogP contribution in [0.5, 0.6) is 0 Å². The standard InChI is InChI=1S/C20H22N4/c1-3-22-14-23(18-7-5-4-6-8-18)20-13-19(21-24(20)15-22)17-11-9-16(2)10-12-17/h4-13H,3,14-15H2,1-2H3. The van der Waals surface area contributed by atoms with Crippen molar-refractivity contribution in [2.75, 3.05) is 18.1 Å². The Kier molecular flexibility index (Phi) is 3.82. The zero-order chi connectivity index (χ0) is 16.5. The predicted molar refractivity (Wildman–Crippen MR) is 98.2 cm³/mol. The first-order valence-electron chi connectivity index (χ1n) is 8.44. The highest BCUT2D eigenvalue weighted by molar-refractivity contribution is 5.68. The van der Waals surface area contributed by atoms with Gasteiger partial charge in [0.25, 0.3) is 0 Å². The van der Waals surface area contributed by atoms with Crippen LogP contribution in [-0.4, -0.2) is 27.9 Å². The smallest absolute Gasteiger partial charge is 0.134 e. The molecule has 3 aromatic rings. The van der Waals surface area contributed by atoms with E-state index in [0.29, 0.717) is 0 Å². The minimum Gasteiger partial charge on any atom is -0.313 e. The molecule has 0 atom stereocenters. The van der Waals surface area contributed by atoms with Gasteiger partial charge in [0.2, 0.25) is 0 Å². The molecule has 2 aromatic carbocycles. The Morgan fingerprint density at radius 3 is 2.42 bits per heavy atom. The van der Waals surface area contributed by atoms with Crippen LogP contribution >= 0.6 is 0 Å². The summed E-state index contributed by atoms with van der Waals surface area (Å²) in [5.74, 6) is 1.15. The Balaban J connectivity index is 1.77. The molecule has 1 aliphatic rings. The second-order valence-electron chi connectivity index (χ2n) is 6.29. The molecule has 2 heterocycles. The fourth-order valence-electron chi connectivity index (χ4n) is 3.12. The SMILES string of the molecule is CCN1CN(c2ccccc2)c2cc(-c3ccc(C)cc3)nn2C1. The number of aromatic nitrogens is 2. The summed E-state index contributed by atoms with van der Waals surface area (Å²) in [5.41, 5.74) is 4.67. The van der Waals surface area contributed by atoms with Gasteiger partial charge in [0, 0.05) is 17.3 Å². The van der Waals surface area contributed by atoms with E-state index >= 15 is 0 Å². The fourth-order valence-corrected chi connectivity index (χ4v) is 3.12.